The molecular formula is C12H14BrNO2. The average Bonchev–Trinajstić information content (AvgIpc) is 2.23. The van der Waals surface area contributed by atoms with Crippen molar-refractivity contribution in [2.45, 2.75) is 25.2 Å². The molecule has 0 aromatic carbocycles. The Hall–Kier alpha value is -0.900. The van der Waals surface area contributed by atoms with Crippen molar-refractivity contribution in [1.29, 1.82) is 0 Å². The maximum Gasteiger partial charge on any atom is 0.316 e. The molecule has 0 spiro atoms. The lowest BCUT2D eigenvalue weighted by molar-refractivity contribution is -0.153. The van der Waals surface area contributed by atoms with Gasteiger partial charge in [0.05, 0.1) is 12.5 Å². The van der Waals surface area contributed by atoms with Crippen LogP contribution in [0.25, 0.3) is 0 Å². The van der Waals surface area contributed by atoms with Crippen molar-refractivity contribution in [3.63, 3.8) is 0 Å². The number of pyridine rings is 1. The van der Waals surface area contributed by atoms with Gasteiger partial charge < -0.3 is 4.74 Å². The van der Waals surface area contributed by atoms with Crippen molar-refractivity contribution in [1.82, 2.24) is 4.98 Å². The summed E-state index contributed by atoms with van der Waals surface area (Å²) in [5.41, 5.74) is 0.483. The van der Waals surface area contributed by atoms with Crippen LogP contribution in [0.5, 0.6) is 0 Å². The van der Waals surface area contributed by atoms with Crippen molar-refractivity contribution in [2.75, 3.05) is 7.11 Å². The highest BCUT2D eigenvalue weighted by molar-refractivity contribution is 9.10. The Morgan fingerprint density at radius 1 is 1.56 bits per heavy atom. The fourth-order valence-electron chi connectivity index (χ4n) is 2.52. The fraction of sp³-hybridized carbons (Fsp3) is 0.500. The number of hydrogen-bond acceptors (Lipinski definition) is 3. The first kappa shape index (κ1) is 11.6. The number of aromatic nitrogens is 1. The van der Waals surface area contributed by atoms with Crippen molar-refractivity contribution in [2.24, 2.45) is 5.92 Å². The van der Waals surface area contributed by atoms with Gasteiger partial charge in [0.25, 0.3) is 0 Å². The van der Waals surface area contributed by atoms with Gasteiger partial charge in [0.15, 0.2) is 0 Å². The van der Waals surface area contributed by atoms with Crippen LogP contribution in [0.2, 0.25) is 0 Å². The van der Waals surface area contributed by atoms with Crippen LogP contribution in [-0.4, -0.2) is 18.1 Å². The molecule has 4 heteroatoms. The summed E-state index contributed by atoms with van der Waals surface area (Å²) < 4.78 is 5.81. The number of halogens is 1. The smallest absolute Gasteiger partial charge is 0.316 e. The summed E-state index contributed by atoms with van der Waals surface area (Å²) in [5.74, 6) is 0.420. The zero-order chi connectivity index (χ0) is 11.8. The van der Waals surface area contributed by atoms with Crippen LogP contribution in [0.1, 0.15) is 25.3 Å². The van der Waals surface area contributed by atoms with E-state index >= 15 is 0 Å². The molecule has 1 aliphatic carbocycles. The van der Waals surface area contributed by atoms with E-state index in [4.69, 9.17) is 4.74 Å². The Kier molecular flexibility index (Phi) is 3.02. The van der Waals surface area contributed by atoms with Crippen LogP contribution in [0.15, 0.2) is 22.9 Å². The molecule has 0 aliphatic heterocycles. The van der Waals surface area contributed by atoms with Crippen LogP contribution in [0.3, 0.4) is 0 Å². The summed E-state index contributed by atoms with van der Waals surface area (Å²) in [4.78, 5) is 16.0. The number of ether oxygens (including phenoxy) is 1. The van der Waals surface area contributed by atoms with E-state index in [9.17, 15) is 4.79 Å². The van der Waals surface area contributed by atoms with E-state index in [1.54, 1.807) is 12.4 Å². The van der Waals surface area contributed by atoms with Crippen LogP contribution in [0.4, 0.5) is 0 Å². The Morgan fingerprint density at radius 3 is 2.75 bits per heavy atom. The maximum atomic E-state index is 11.9. The van der Waals surface area contributed by atoms with Gasteiger partial charge in [-0.05, 0) is 46.3 Å². The number of nitrogens with zero attached hydrogens (tertiary/aromatic N) is 1. The molecule has 0 saturated heterocycles. The minimum absolute atomic E-state index is 0.148. The average molecular weight is 284 g/mol. The quantitative estimate of drug-likeness (QED) is 0.784. The van der Waals surface area contributed by atoms with Gasteiger partial charge in [0.2, 0.25) is 0 Å². The van der Waals surface area contributed by atoms with Gasteiger partial charge in [-0.15, -0.1) is 0 Å². The zero-order valence-corrected chi connectivity index (χ0v) is 11.0. The number of esters is 1. The summed E-state index contributed by atoms with van der Waals surface area (Å²) in [5, 5.41) is 0. The van der Waals surface area contributed by atoms with E-state index in [1.807, 2.05) is 6.07 Å². The minimum atomic E-state index is -0.467. The zero-order valence-electron chi connectivity index (χ0n) is 9.37. The molecular weight excluding hydrogens is 270 g/mol. The monoisotopic (exact) mass is 283 g/mol. The van der Waals surface area contributed by atoms with Gasteiger partial charge >= 0.3 is 5.97 Å². The van der Waals surface area contributed by atoms with Crippen molar-refractivity contribution < 1.29 is 9.53 Å². The second-order valence-corrected chi connectivity index (χ2v) is 5.39. The highest BCUT2D eigenvalue weighted by Gasteiger charge is 2.50. The molecule has 3 nitrogen and oxygen atoms in total. The Balaban J connectivity index is 2.37. The maximum absolute atomic E-state index is 11.9. The summed E-state index contributed by atoms with van der Waals surface area (Å²) in [7, 11) is 1.44. The van der Waals surface area contributed by atoms with Gasteiger partial charge in [0, 0.05) is 16.9 Å². The van der Waals surface area contributed by atoms with E-state index in [0.717, 1.165) is 22.9 Å². The second-order valence-electron chi connectivity index (χ2n) is 4.48. The third-order valence-electron chi connectivity index (χ3n) is 3.23. The molecule has 1 heterocycles. The predicted octanol–water partition coefficient (Wildman–Crippen LogP) is 2.68. The first-order valence-corrected chi connectivity index (χ1v) is 6.07. The van der Waals surface area contributed by atoms with E-state index in [-0.39, 0.29) is 5.97 Å². The molecule has 0 amide bonds. The Morgan fingerprint density at radius 2 is 2.25 bits per heavy atom. The highest BCUT2D eigenvalue weighted by atomic mass is 79.9. The predicted molar refractivity (Wildman–Crippen MR) is 64.0 cm³/mol. The molecule has 1 fully saturated rings. The van der Waals surface area contributed by atoms with E-state index in [2.05, 4.69) is 27.8 Å². The van der Waals surface area contributed by atoms with Gasteiger partial charge in [-0.25, -0.2) is 0 Å². The number of rotatable bonds is 2. The molecule has 86 valence electrons. The number of methoxy groups -OCH3 is 1. The standard InChI is InChI=1S/C12H14BrNO2/c1-8-4-12(5-8,11(15)16-2)9-3-10(13)7-14-6-9/h3,6-8H,4-5H2,1-2H3. The molecule has 0 bridgehead atoms. The third kappa shape index (κ3) is 1.75. The van der Waals surface area contributed by atoms with Crippen LogP contribution >= 0.6 is 15.9 Å². The van der Waals surface area contributed by atoms with Crippen molar-refractivity contribution in [3.8, 4) is 0 Å². The topological polar surface area (TPSA) is 39.2 Å². The number of carbonyl (C=O) groups excluding carboxylic acids is 1. The molecule has 0 radical (unpaired) electrons. The molecule has 0 N–H and O–H groups in total. The van der Waals surface area contributed by atoms with Gasteiger partial charge in [0.1, 0.15) is 0 Å². The first-order chi connectivity index (χ1) is 7.58. The van der Waals surface area contributed by atoms with Crippen molar-refractivity contribution >= 4 is 21.9 Å². The van der Waals surface area contributed by atoms with Crippen LogP contribution in [0, 0.1) is 5.92 Å². The lowest BCUT2D eigenvalue weighted by Crippen LogP contribution is -2.47. The van der Waals surface area contributed by atoms with Gasteiger partial charge in [-0.1, -0.05) is 6.92 Å². The minimum Gasteiger partial charge on any atom is -0.468 e. The number of hydrogen-bond donors (Lipinski definition) is 0. The molecule has 1 aromatic heterocycles. The fourth-order valence-corrected chi connectivity index (χ4v) is 2.88. The molecule has 2 rings (SSSR count). The SMILES string of the molecule is COC(=O)C1(c2cncc(Br)c2)CC(C)C1. The lowest BCUT2D eigenvalue weighted by Gasteiger charge is -2.44. The summed E-state index contributed by atoms with van der Waals surface area (Å²) in [6, 6.07) is 1.95. The number of carbonyl (C=O) groups is 1. The lowest BCUT2D eigenvalue weighted by atomic mass is 9.59. The molecule has 0 unspecified atom stereocenters. The molecule has 1 saturated carbocycles. The van der Waals surface area contributed by atoms with Gasteiger partial charge in [-0.2, -0.15) is 0 Å². The second kappa shape index (κ2) is 4.17. The summed E-state index contributed by atoms with van der Waals surface area (Å²) >= 11 is 3.38. The molecule has 1 aliphatic rings. The van der Waals surface area contributed by atoms with E-state index in [1.165, 1.54) is 7.11 Å². The molecule has 16 heavy (non-hydrogen) atoms. The Labute approximate surface area is 103 Å². The van der Waals surface area contributed by atoms with E-state index < -0.39 is 5.41 Å². The molecule has 0 atom stereocenters. The van der Waals surface area contributed by atoms with Crippen LogP contribution in [-0.2, 0) is 14.9 Å². The normalized spacial score (nSPS) is 28.3. The molecule has 1 aromatic rings. The third-order valence-corrected chi connectivity index (χ3v) is 3.66. The van der Waals surface area contributed by atoms with Crippen molar-refractivity contribution in [3.05, 3.63) is 28.5 Å². The Bertz CT molecular complexity index is 413. The highest BCUT2D eigenvalue weighted by Crippen LogP contribution is 2.48. The van der Waals surface area contributed by atoms with Crippen LogP contribution < -0.4 is 0 Å². The van der Waals surface area contributed by atoms with Gasteiger partial charge in [-0.3, -0.25) is 9.78 Å². The largest absolute Gasteiger partial charge is 0.468 e. The summed E-state index contributed by atoms with van der Waals surface area (Å²) in [6.07, 6.45) is 5.17. The summed E-state index contributed by atoms with van der Waals surface area (Å²) in [6.45, 7) is 2.15. The first-order valence-electron chi connectivity index (χ1n) is 5.28. The van der Waals surface area contributed by atoms with E-state index in [0.29, 0.717) is 5.92 Å².